The van der Waals surface area contributed by atoms with E-state index in [1.54, 1.807) is 6.07 Å². The lowest BCUT2D eigenvalue weighted by molar-refractivity contribution is 0.491. The molecule has 0 aliphatic heterocycles. The Kier molecular flexibility index (Phi) is 4.27. The third kappa shape index (κ3) is 3.67. The Morgan fingerprint density at radius 3 is 2.23 bits per heavy atom. The Morgan fingerprint density at radius 1 is 0.955 bits per heavy atom. The van der Waals surface area contributed by atoms with Gasteiger partial charge in [0.1, 0.15) is 11.8 Å². The van der Waals surface area contributed by atoms with E-state index in [2.05, 4.69) is 55.9 Å². The van der Waals surface area contributed by atoms with Crippen molar-refractivity contribution in [2.24, 2.45) is 0 Å². The van der Waals surface area contributed by atoms with Gasteiger partial charge in [-0.25, -0.2) is 4.98 Å². The Balaban J connectivity index is 2.23. The SMILES string of the molecule is CC(C)(C)c1ccc(CC(C)(C)c2cccc(C#N)n2)nn1. The molecule has 0 aromatic carbocycles. The van der Waals surface area contributed by atoms with Gasteiger partial charge in [-0.2, -0.15) is 15.5 Å². The molecule has 4 heteroatoms. The van der Waals surface area contributed by atoms with E-state index in [1.165, 1.54) is 0 Å². The highest BCUT2D eigenvalue weighted by atomic mass is 15.1. The molecule has 114 valence electrons. The fourth-order valence-corrected chi connectivity index (χ4v) is 2.27. The minimum atomic E-state index is -0.204. The topological polar surface area (TPSA) is 62.5 Å². The summed E-state index contributed by atoms with van der Waals surface area (Å²) in [7, 11) is 0. The summed E-state index contributed by atoms with van der Waals surface area (Å²) in [6, 6.07) is 11.7. The van der Waals surface area contributed by atoms with E-state index < -0.39 is 0 Å². The van der Waals surface area contributed by atoms with Gasteiger partial charge in [-0.05, 0) is 24.3 Å². The molecule has 0 N–H and O–H groups in total. The second kappa shape index (κ2) is 5.84. The highest BCUT2D eigenvalue weighted by Gasteiger charge is 2.24. The first kappa shape index (κ1) is 16.1. The predicted octanol–water partition coefficient (Wildman–Crippen LogP) is 3.56. The smallest absolute Gasteiger partial charge is 0.140 e. The van der Waals surface area contributed by atoms with Gasteiger partial charge in [0.15, 0.2) is 0 Å². The first-order valence-electron chi connectivity index (χ1n) is 7.43. The van der Waals surface area contributed by atoms with Gasteiger partial charge >= 0.3 is 0 Å². The molecule has 22 heavy (non-hydrogen) atoms. The second-order valence-corrected chi connectivity index (χ2v) is 7.24. The van der Waals surface area contributed by atoms with Crippen LogP contribution in [0.15, 0.2) is 30.3 Å². The lowest BCUT2D eigenvalue weighted by Crippen LogP contribution is -2.24. The van der Waals surface area contributed by atoms with Gasteiger partial charge in [0.25, 0.3) is 0 Å². The zero-order chi connectivity index (χ0) is 16.4. The van der Waals surface area contributed by atoms with Crippen molar-refractivity contribution in [1.82, 2.24) is 15.2 Å². The maximum absolute atomic E-state index is 8.99. The standard InChI is InChI=1S/C18H22N4/c1-17(2,3)15-10-9-13(21-22-15)11-18(4,5)16-8-6-7-14(12-19)20-16/h6-10H,11H2,1-5H3. The van der Waals surface area contributed by atoms with Crippen LogP contribution < -0.4 is 0 Å². The number of hydrogen-bond donors (Lipinski definition) is 0. The molecule has 0 radical (unpaired) electrons. The Hall–Kier alpha value is -2.28. The minimum absolute atomic E-state index is 0.00370. The van der Waals surface area contributed by atoms with Gasteiger partial charge in [0.05, 0.1) is 11.4 Å². The second-order valence-electron chi connectivity index (χ2n) is 7.24. The number of hydrogen-bond acceptors (Lipinski definition) is 4. The van der Waals surface area contributed by atoms with E-state index in [-0.39, 0.29) is 10.8 Å². The Labute approximate surface area is 132 Å². The lowest BCUT2D eigenvalue weighted by Gasteiger charge is -2.24. The molecule has 0 aliphatic rings. The van der Waals surface area contributed by atoms with Crippen LogP contribution in [0.1, 0.15) is 57.4 Å². The molecule has 0 fully saturated rings. The monoisotopic (exact) mass is 294 g/mol. The summed E-state index contributed by atoms with van der Waals surface area (Å²) in [6.07, 6.45) is 0.728. The number of aromatic nitrogens is 3. The highest BCUT2D eigenvalue weighted by molar-refractivity contribution is 5.27. The van der Waals surface area contributed by atoms with Gasteiger partial charge in [-0.1, -0.05) is 40.7 Å². The van der Waals surface area contributed by atoms with Gasteiger partial charge < -0.3 is 0 Å². The van der Waals surface area contributed by atoms with Gasteiger partial charge in [-0.3, -0.25) is 0 Å². The van der Waals surface area contributed by atoms with Gasteiger partial charge in [-0.15, -0.1) is 0 Å². The molecular weight excluding hydrogens is 272 g/mol. The van der Waals surface area contributed by atoms with Crippen molar-refractivity contribution in [3.8, 4) is 6.07 Å². The molecule has 0 saturated heterocycles. The van der Waals surface area contributed by atoms with E-state index in [1.807, 2.05) is 24.3 Å². The average molecular weight is 294 g/mol. The van der Waals surface area contributed by atoms with Crippen molar-refractivity contribution in [2.75, 3.05) is 0 Å². The molecule has 0 amide bonds. The van der Waals surface area contributed by atoms with Crippen LogP contribution in [0.25, 0.3) is 0 Å². The van der Waals surface area contributed by atoms with Gasteiger partial charge in [0, 0.05) is 22.9 Å². The van der Waals surface area contributed by atoms with Crippen LogP contribution in [0, 0.1) is 11.3 Å². The van der Waals surface area contributed by atoms with Crippen molar-refractivity contribution in [3.63, 3.8) is 0 Å². The van der Waals surface area contributed by atoms with Crippen LogP contribution in [-0.4, -0.2) is 15.2 Å². The van der Waals surface area contributed by atoms with Crippen molar-refractivity contribution >= 4 is 0 Å². The van der Waals surface area contributed by atoms with Crippen molar-refractivity contribution in [1.29, 1.82) is 5.26 Å². The molecule has 0 saturated carbocycles. The number of nitriles is 1. The third-order valence-electron chi connectivity index (χ3n) is 3.67. The molecule has 0 atom stereocenters. The van der Waals surface area contributed by atoms with E-state index >= 15 is 0 Å². The molecular formula is C18H22N4. The fourth-order valence-electron chi connectivity index (χ4n) is 2.27. The Bertz CT molecular complexity index is 688. The van der Waals surface area contributed by atoms with Crippen molar-refractivity contribution in [2.45, 2.75) is 51.9 Å². The van der Waals surface area contributed by atoms with E-state index in [0.717, 1.165) is 23.5 Å². The number of nitrogens with zero attached hydrogens (tertiary/aromatic N) is 4. The molecule has 4 nitrogen and oxygen atoms in total. The third-order valence-corrected chi connectivity index (χ3v) is 3.67. The molecule has 0 unspecified atom stereocenters. The van der Waals surface area contributed by atoms with E-state index in [0.29, 0.717) is 5.69 Å². The fraction of sp³-hybridized carbons (Fsp3) is 0.444. The zero-order valence-corrected chi connectivity index (χ0v) is 13.9. The molecule has 0 aliphatic carbocycles. The maximum atomic E-state index is 8.99. The van der Waals surface area contributed by atoms with Crippen LogP contribution in [-0.2, 0) is 17.3 Å². The summed E-state index contributed by atoms with van der Waals surface area (Å²) in [6.45, 7) is 10.6. The molecule has 2 rings (SSSR count). The van der Waals surface area contributed by atoms with Crippen LogP contribution >= 0.6 is 0 Å². The lowest BCUT2D eigenvalue weighted by atomic mass is 9.83. The molecule has 2 aromatic rings. The van der Waals surface area contributed by atoms with E-state index in [4.69, 9.17) is 5.26 Å². The van der Waals surface area contributed by atoms with Crippen LogP contribution in [0.3, 0.4) is 0 Å². The summed E-state index contributed by atoms with van der Waals surface area (Å²) < 4.78 is 0. The molecule has 2 heterocycles. The number of rotatable bonds is 3. The highest BCUT2D eigenvalue weighted by Crippen LogP contribution is 2.26. The normalized spacial score (nSPS) is 12.0. The van der Waals surface area contributed by atoms with Crippen LogP contribution in [0.5, 0.6) is 0 Å². The minimum Gasteiger partial charge on any atom is -0.242 e. The van der Waals surface area contributed by atoms with E-state index in [9.17, 15) is 0 Å². The molecule has 0 bridgehead atoms. The van der Waals surface area contributed by atoms with Crippen LogP contribution in [0.2, 0.25) is 0 Å². The quantitative estimate of drug-likeness (QED) is 0.868. The molecule has 0 spiro atoms. The summed E-state index contributed by atoms with van der Waals surface area (Å²) >= 11 is 0. The summed E-state index contributed by atoms with van der Waals surface area (Å²) in [5.74, 6) is 0. The van der Waals surface area contributed by atoms with Gasteiger partial charge in [0.2, 0.25) is 0 Å². The van der Waals surface area contributed by atoms with Crippen molar-refractivity contribution in [3.05, 3.63) is 53.1 Å². The van der Waals surface area contributed by atoms with Crippen LogP contribution in [0.4, 0.5) is 0 Å². The first-order chi connectivity index (χ1) is 10.2. The van der Waals surface area contributed by atoms with Crippen molar-refractivity contribution < 1.29 is 0 Å². The zero-order valence-electron chi connectivity index (χ0n) is 13.9. The largest absolute Gasteiger partial charge is 0.242 e. The average Bonchev–Trinajstić information content (AvgIpc) is 2.46. The summed E-state index contributed by atoms with van der Waals surface area (Å²) in [5, 5.41) is 17.7. The first-order valence-corrected chi connectivity index (χ1v) is 7.43. The predicted molar refractivity (Wildman–Crippen MR) is 86.4 cm³/mol. The summed E-state index contributed by atoms with van der Waals surface area (Å²) in [5.41, 5.74) is 3.06. The maximum Gasteiger partial charge on any atom is 0.140 e. The molecule has 2 aromatic heterocycles. The Morgan fingerprint density at radius 2 is 1.68 bits per heavy atom. The summed E-state index contributed by atoms with van der Waals surface area (Å²) in [4.78, 5) is 4.41. The number of pyridine rings is 1.